The fourth-order valence-electron chi connectivity index (χ4n) is 2.39. The maximum Gasteiger partial charge on any atom is 0.0357 e. The van der Waals surface area contributed by atoms with Crippen LogP contribution in [0.4, 0.5) is 0 Å². The van der Waals surface area contributed by atoms with Crippen LogP contribution in [0.2, 0.25) is 0 Å². The van der Waals surface area contributed by atoms with Crippen molar-refractivity contribution in [2.24, 2.45) is 5.92 Å². The second-order valence-electron chi connectivity index (χ2n) is 5.25. The Kier molecular flexibility index (Phi) is 4.79. The minimum atomic E-state index is -0.649. The molecule has 1 aliphatic carbocycles. The maximum absolute atomic E-state index is 10.9. The Balaban J connectivity index is 1.55. The summed E-state index contributed by atoms with van der Waals surface area (Å²) in [5.41, 5.74) is 0. The van der Waals surface area contributed by atoms with Crippen molar-refractivity contribution in [2.75, 3.05) is 38.2 Å². The molecule has 1 heterocycles. The van der Waals surface area contributed by atoms with E-state index in [4.69, 9.17) is 0 Å². The second kappa shape index (κ2) is 6.12. The van der Waals surface area contributed by atoms with Crippen molar-refractivity contribution < 1.29 is 4.21 Å². The number of likely N-dealkylation sites (tertiary alicyclic amines) is 1. The molecule has 3 nitrogen and oxygen atoms in total. The molecule has 1 aliphatic heterocycles. The van der Waals surface area contributed by atoms with Crippen LogP contribution < -0.4 is 5.32 Å². The quantitative estimate of drug-likeness (QED) is 0.751. The minimum absolute atomic E-state index is 0.649. The Morgan fingerprint density at radius 2 is 1.94 bits per heavy atom. The van der Waals surface area contributed by atoms with Gasteiger partial charge in [0.25, 0.3) is 0 Å². The van der Waals surface area contributed by atoms with Gasteiger partial charge in [0.2, 0.25) is 0 Å². The molecule has 1 unspecified atom stereocenters. The number of hydrogen-bond acceptors (Lipinski definition) is 3. The third-order valence-electron chi connectivity index (χ3n) is 3.62. The Morgan fingerprint density at radius 1 is 1.25 bits per heavy atom. The lowest BCUT2D eigenvalue weighted by atomic mass is 10.0. The average Bonchev–Trinajstić information content (AvgIpc) is 3.04. The van der Waals surface area contributed by atoms with Gasteiger partial charge in [0.05, 0.1) is 0 Å². The molecular weight excluding hydrogens is 220 g/mol. The Morgan fingerprint density at radius 3 is 2.50 bits per heavy atom. The van der Waals surface area contributed by atoms with Gasteiger partial charge < -0.3 is 10.2 Å². The lowest BCUT2D eigenvalue weighted by molar-refractivity contribution is 0.192. The highest BCUT2D eigenvalue weighted by atomic mass is 32.2. The Bertz CT molecular complexity index is 235. The lowest BCUT2D eigenvalue weighted by Crippen LogP contribution is -2.44. The number of hydrogen-bond donors (Lipinski definition) is 1. The molecule has 1 saturated heterocycles. The summed E-state index contributed by atoms with van der Waals surface area (Å²) < 4.78 is 10.9. The molecule has 1 saturated carbocycles. The highest BCUT2D eigenvalue weighted by Crippen LogP contribution is 2.30. The van der Waals surface area contributed by atoms with Gasteiger partial charge >= 0.3 is 0 Å². The summed E-state index contributed by atoms with van der Waals surface area (Å²) in [5, 5.41) is 3.52. The molecule has 16 heavy (non-hydrogen) atoms. The first-order chi connectivity index (χ1) is 7.74. The molecule has 1 N–H and O–H groups in total. The van der Waals surface area contributed by atoms with Gasteiger partial charge in [-0.05, 0) is 44.7 Å². The molecule has 0 radical (unpaired) electrons. The fourth-order valence-corrected chi connectivity index (χ4v) is 2.80. The molecule has 0 aromatic rings. The summed E-state index contributed by atoms with van der Waals surface area (Å²) in [6.07, 6.45) is 7.23. The number of nitrogens with one attached hydrogen (secondary N) is 1. The summed E-state index contributed by atoms with van der Waals surface area (Å²) >= 11 is 0. The first-order valence-corrected chi connectivity index (χ1v) is 8.22. The van der Waals surface area contributed by atoms with E-state index in [0.717, 1.165) is 18.2 Å². The van der Waals surface area contributed by atoms with E-state index in [-0.39, 0.29) is 0 Å². The van der Waals surface area contributed by atoms with E-state index >= 15 is 0 Å². The summed E-state index contributed by atoms with van der Waals surface area (Å²) in [7, 11) is -0.649. The first kappa shape index (κ1) is 12.5. The highest BCUT2D eigenvalue weighted by Gasteiger charge is 2.26. The van der Waals surface area contributed by atoms with E-state index in [1.54, 1.807) is 6.26 Å². The van der Waals surface area contributed by atoms with Crippen LogP contribution in [-0.4, -0.2) is 53.3 Å². The standard InChI is InChI=1S/C12H24N2OS/c1-16(15)9-6-13-12-4-7-14(8-5-12)10-11-2-3-11/h11-13H,2-10H2,1H3. The summed E-state index contributed by atoms with van der Waals surface area (Å²) in [6, 6.07) is 0.666. The number of rotatable bonds is 6. The van der Waals surface area contributed by atoms with Crippen LogP contribution in [0.5, 0.6) is 0 Å². The van der Waals surface area contributed by atoms with E-state index < -0.39 is 10.8 Å². The van der Waals surface area contributed by atoms with Gasteiger partial charge in [-0.25, -0.2) is 0 Å². The van der Waals surface area contributed by atoms with Crippen molar-refractivity contribution >= 4 is 10.8 Å². The third kappa shape index (κ3) is 4.52. The molecule has 94 valence electrons. The predicted octanol–water partition coefficient (Wildman–Crippen LogP) is 0.829. The molecule has 4 heteroatoms. The summed E-state index contributed by atoms with van der Waals surface area (Å²) in [5.74, 6) is 1.81. The minimum Gasteiger partial charge on any atom is -0.313 e. The Labute approximate surface area is 101 Å². The SMILES string of the molecule is CS(=O)CCNC1CCN(CC2CC2)CC1. The van der Waals surface area contributed by atoms with Gasteiger partial charge in [0, 0.05) is 41.9 Å². The largest absolute Gasteiger partial charge is 0.313 e. The zero-order chi connectivity index (χ0) is 11.4. The van der Waals surface area contributed by atoms with E-state index in [1.807, 2.05) is 0 Å². The molecule has 0 aromatic carbocycles. The molecule has 2 fully saturated rings. The normalized spacial score (nSPS) is 25.8. The molecule has 0 bridgehead atoms. The van der Waals surface area contributed by atoms with Gasteiger partial charge in [0.15, 0.2) is 0 Å². The van der Waals surface area contributed by atoms with Crippen LogP contribution in [-0.2, 0) is 10.8 Å². The van der Waals surface area contributed by atoms with Crippen LogP contribution in [0.1, 0.15) is 25.7 Å². The van der Waals surface area contributed by atoms with Crippen molar-refractivity contribution in [1.29, 1.82) is 0 Å². The molecule has 2 aliphatic rings. The van der Waals surface area contributed by atoms with Crippen molar-refractivity contribution in [1.82, 2.24) is 10.2 Å². The van der Waals surface area contributed by atoms with Gasteiger partial charge in [-0.2, -0.15) is 0 Å². The topological polar surface area (TPSA) is 32.3 Å². The van der Waals surface area contributed by atoms with Crippen molar-refractivity contribution in [2.45, 2.75) is 31.7 Å². The third-order valence-corrected chi connectivity index (χ3v) is 4.40. The van der Waals surface area contributed by atoms with Gasteiger partial charge in [0.1, 0.15) is 0 Å². The zero-order valence-corrected chi connectivity index (χ0v) is 11.1. The van der Waals surface area contributed by atoms with Crippen LogP contribution >= 0.6 is 0 Å². The van der Waals surface area contributed by atoms with E-state index in [1.165, 1.54) is 45.3 Å². The average molecular weight is 244 g/mol. The van der Waals surface area contributed by atoms with Gasteiger partial charge in [-0.3, -0.25) is 4.21 Å². The summed E-state index contributed by atoms with van der Waals surface area (Å²) in [6.45, 7) is 4.76. The first-order valence-electron chi connectivity index (χ1n) is 6.50. The number of piperidine rings is 1. The highest BCUT2D eigenvalue weighted by molar-refractivity contribution is 7.84. The van der Waals surface area contributed by atoms with Crippen LogP contribution in [0.25, 0.3) is 0 Å². The van der Waals surface area contributed by atoms with E-state index in [2.05, 4.69) is 10.2 Å². The van der Waals surface area contributed by atoms with Crippen molar-refractivity contribution in [3.05, 3.63) is 0 Å². The molecule has 0 aromatic heterocycles. The molecular formula is C12H24N2OS. The van der Waals surface area contributed by atoms with Crippen LogP contribution in [0.15, 0.2) is 0 Å². The monoisotopic (exact) mass is 244 g/mol. The van der Waals surface area contributed by atoms with E-state index in [0.29, 0.717) is 6.04 Å². The van der Waals surface area contributed by atoms with Gasteiger partial charge in [-0.15, -0.1) is 0 Å². The Hall–Kier alpha value is 0.0700. The molecule has 0 amide bonds. The lowest BCUT2D eigenvalue weighted by Gasteiger charge is -2.32. The zero-order valence-electron chi connectivity index (χ0n) is 10.3. The van der Waals surface area contributed by atoms with E-state index in [9.17, 15) is 4.21 Å². The van der Waals surface area contributed by atoms with Crippen LogP contribution in [0.3, 0.4) is 0 Å². The number of nitrogens with zero attached hydrogens (tertiary/aromatic N) is 1. The maximum atomic E-state index is 10.9. The summed E-state index contributed by atoms with van der Waals surface area (Å²) in [4.78, 5) is 2.62. The van der Waals surface area contributed by atoms with Crippen LogP contribution in [0, 0.1) is 5.92 Å². The van der Waals surface area contributed by atoms with Crippen molar-refractivity contribution in [3.8, 4) is 0 Å². The fraction of sp³-hybridized carbons (Fsp3) is 1.00. The molecule has 1 atom stereocenters. The van der Waals surface area contributed by atoms with Crippen molar-refractivity contribution in [3.63, 3.8) is 0 Å². The van der Waals surface area contributed by atoms with Gasteiger partial charge in [-0.1, -0.05) is 0 Å². The smallest absolute Gasteiger partial charge is 0.0357 e. The second-order valence-corrected chi connectivity index (χ2v) is 6.80. The molecule has 0 spiro atoms. The molecule has 2 rings (SSSR count). The predicted molar refractivity (Wildman–Crippen MR) is 69.1 cm³/mol.